The predicted octanol–water partition coefficient (Wildman–Crippen LogP) is 2.89. The summed E-state index contributed by atoms with van der Waals surface area (Å²) in [5.41, 5.74) is 0. The molecule has 0 N–H and O–H groups in total. The van der Waals surface area contributed by atoms with Crippen LogP contribution in [0, 0.1) is 16.0 Å². The van der Waals surface area contributed by atoms with Gasteiger partial charge >= 0.3 is 11.9 Å². The smallest absolute Gasteiger partial charge is 0.433 e. The first kappa shape index (κ1) is 18.4. The summed E-state index contributed by atoms with van der Waals surface area (Å²) in [6, 6.07) is 2.44. The van der Waals surface area contributed by atoms with E-state index in [9.17, 15) is 14.9 Å². The third-order valence-corrected chi connectivity index (χ3v) is 3.67. The van der Waals surface area contributed by atoms with Crippen LogP contribution in [0.25, 0.3) is 0 Å². The molecule has 2 atom stereocenters. The third-order valence-electron chi connectivity index (χ3n) is 3.67. The molecule has 0 aliphatic heterocycles. The average molecular weight is 333 g/mol. The molecule has 2 rings (SSSR count). The molecule has 1 aromatic rings. The van der Waals surface area contributed by atoms with Gasteiger partial charge in [-0.1, -0.05) is 6.42 Å². The standard InChI is InChI=1S/C14H20N2O5.ClH/c1-15(2)9-10-5-3-4-6-11(10)21-14(17)12-7-8-13(20-12)16(18)19;/h7-8,10-11H,3-6,9H2,1-2H3;1H. The first-order chi connectivity index (χ1) is 9.97. The highest BCUT2D eigenvalue weighted by molar-refractivity contribution is 5.86. The third kappa shape index (κ3) is 4.71. The van der Waals surface area contributed by atoms with Gasteiger partial charge < -0.3 is 14.1 Å². The molecule has 7 nitrogen and oxygen atoms in total. The second-order valence-corrected chi connectivity index (χ2v) is 5.65. The second-order valence-electron chi connectivity index (χ2n) is 5.65. The van der Waals surface area contributed by atoms with Crippen LogP contribution in [0.15, 0.2) is 16.5 Å². The molecular weight excluding hydrogens is 312 g/mol. The molecule has 0 radical (unpaired) electrons. The number of hydrogen-bond acceptors (Lipinski definition) is 6. The molecule has 0 bridgehead atoms. The van der Waals surface area contributed by atoms with Crippen molar-refractivity contribution in [2.24, 2.45) is 5.92 Å². The molecule has 2 unspecified atom stereocenters. The van der Waals surface area contributed by atoms with Crippen molar-refractivity contribution < 1.29 is 18.9 Å². The normalized spacial score (nSPS) is 21.2. The van der Waals surface area contributed by atoms with Crippen molar-refractivity contribution in [3.8, 4) is 0 Å². The Morgan fingerprint density at radius 2 is 2.09 bits per heavy atom. The monoisotopic (exact) mass is 332 g/mol. The van der Waals surface area contributed by atoms with Gasteiger partial charge in [-0.2, -0.15) is 0 Å². The zero-order chi connectivity index (χ0) is 15.4. The highest BCUT2D eigenvalue weighted by Gasteiger charge is 2.30. The molecule has 124 valence electrons. The number of esters is 1. The predicted molar refractivity (Wildman–Crippen MR) is 82.3 cm³/mol. The molecular formula is C14H21ClN2O5. The lowest BCUT2D eigenvalue weighted by atomic mass is 9.86. The zero-order valence-electron chi connectivity index (χ0n) is 12.7. The highest BCUT2D eigenvalue weighted by atomic mass is 35.5. The van der Waals surface area contributed by atoms with E-state index in [0.29, 0.717) is 5.92 Å². The summed E-state index contributed by atoms with van der Waals surface area (Å²) in [6.45, 7) is 0.857. The largest absolute Gasteiger partial charge is 0.456 e. The molecule has 0 spiro atoms. The number of carbonyl (C=O) groups is 1. The van der Waals surface area contributed by atoms with Gasteiger partial charge in [0.25, 0.3) is 0 Å². The quantitative estimate of drug-likeness (QED) is 0.468. The first-order valence-electron chi connectivity index (χ1n) is 7.07. The van der Waals surface area contributed by atoms with Crippen molar-refractivity contribution in [2.75, 3.05) is 20.6 Å². The maximum Gasteiger partial charge on any atom is 0.433 e. The fourth-order valence-corrected chi connectivity index (χ4v) is 2.74. The molecule has 1 saturated carbocycles. The molecule has 1 fully saturated rings. The van der Waals surface area contributed by atoms with Crippen LogP contribution in [0.2, 0.25) is 0 Å². The Hall–Kier alpha value is -1.60. The van der Waals surface area contributed by atoms with Gasteiger partial charge in [-0.25, -0.2) is 4.79 Å². The molecule has 1 heterocycles. The number of nitro groups is 1. The molecule has 1 aromatic heterocycles. The maximum absolute atomic E-state index is 12.0. The molecule has 0 saturated heterocycles. The van der Waals surface area contributed by atoms with Crippen LogP contribution in [0.4, 0.5) is 5.88 Å². The summed E-state index contributed by atoms with van der Waals surface area (Å²) in [4.78, 5) is 24.0. The topological polar surface area (TPSA) is 85.8 Å². The Morgan fingerprint density at radius 1 is 1.41 bits per heavy atom. The van der Waals surface area contributed by atoms with Crippen LogP contribution in [0.5, 0.6) is 0 Å². The van der Waals surface area contributed by atoms with Crippen LogP contribution >= 0.6 is 12.4 Å². The van der Waals surface area contributed by atoms with Gasteiger partial charge in [-0.15, -0.1) is 12.4 Å². The van der Waals surface area contributed by atoms with Crippen LogP contribution in [-0.2, 0) is 4.74 Å². The number of halogens is 1. The molecule has 1 aliphatic carbocycles. The minimum Gasteiger partial charge on any atom is -0.456 e. The Balaban J connectivity index is 0.00000242. The van der Waals surface area contributed by atoms with E-state index in [2.05, 4.69) is 4.90 Å². The van der Waals surface area contributed by atoms with Crippen LogP contribution in [-0.4, -0.2) is 42.5 Å². The van der Waals surface area contributed by atoms with Gasteiger partial charge in [-0.05, 0) is 39.4 Å². The number of furan rings is 1. The first-order valence-corrected chi connectivity index (χ1v) is 7.07. The SMILES string of the molecule is CN(C)CC1CCCCC1OC(=O)c1ccc([N+](=O)[O-])o1.Cl. The van der Waals surface area contributed by atoms with Crippen molar-refractivity contribution in [1.29, 1.82) is 0 Å². The van der Waals surface area contributed by atoms with Gasteiger partial charge in [0.15, 0.2) is 0 Å². The zero-order valence-corrected chi connectivity index (χ0v) is 13.5. The Kier molecular flexibility index (Phi) is 6.83. The van der Waals surface area contributed by atoms with Gasteiger partial charge in [0.2, 0.25) is 5.76 Å². The lowest BCUT2D eigenvalue weighted by Gasteiger charge is -2.32. The number of ether oxygens (including phenoxy) is 1. The van der Waals surface area contributed by atoms with Crippen molar-refractivity contribution in [2.45, 2.75) is 31.8 Å². The lowest BCUT2D eigenvalue weighted by molar-refractivity contribution is -0.402. The minimum atomic E-state index is -0.674. The molecule has 0 aromatic carbocycles. The average Bonchev–Trinajstić information content (AvgIpc) is 2.90. The van der Waals surface area contributed by atoms with E-state index >= 15 is 0 Å². The fraction of sp³-hybridized carbons (Fsp3) is 0.643. The van der Waals surface area contributed by atoms with Gasteiger partial charge in [0, 0.05) is 12.5 Å². The Morgan fingerprint density at radius 3 is 2.68 bits per heavy atom. The van der Waals surface area contributed by atoms with Crippen LogP contribution < -0.4 is 0 Å². The second kappa shape index (κ2) is 8.14. The summed E-state index contributed by atoms with van der Waals surface area (Å²) in [6.07, 6.45) is 3.86. The van der Waals surface area contributed by atoms with Gasteiger partial charge in [-0.3, -0.25) is 10.1 Å². The van der Waals surface area contributed by atoms with E-state index < -0.39 is 16.8 Å². The summed E-state index contributed by atoms with van der Waals surface area (Å²) in [7, 11) is 3.98. The fourth-order valence-electron chi connectivity index (χ4n) is 2.74. The van der Waals surface area contributed by atoms with E-state index in [1.807, 2.05) is 14.1 Å². The van der Waals surface area contributed by atoms with E-state index in [1.165, 1.54) is 6.07 Å². The number of nitrogens with zero attached hydrogens (tertiary/aromatic N) is 2. The molecule has 1 aliphatic rings. The van der Waals surface area contributed by atoms with Gasteiger partial charge in [0.1, 0.15) is 11.0 Å². The van der Waals surface area contributed by atoms with Crippen LogP contribution in [0.1, 0.15) is 36.2 Å². The van der Waals surface area contributed by atoms with E-state index in [4.69, 9.17) is 9.15 Å². The number of hydrogen-bond donors (Lipinski definition) is 0. The van der Waals surface area contributed by atoms with Crippen LogP contribution in [0.3, 0.4) is 0 Å². The maximum atomic E-state index is 12.0. The Labute approximate surface area is 135 Å². The summed E-state index contributed by atoms with van der Waals surface area (Å²) < 4.78 is 10.4. The highest BCUT2D eigenvalue weighted by Crippen LogP contribution is 2.28. The molecule has 8 heteroatoms. The summed E-state index contributed by atoms with van der Waals surface area (Å²) in [5, 5.41) is 10.6. The van der Waals surface area contributed by atoms with E-state index in [0.717, 1.165) is 38.3 Å². The van der Waals surface area contributed by atoms with E-state index in [1.54, 1.807) is 0 Å². The number of rotatable bonds is 5. The summed E-state index contributed by atoms with van der Waals surface area (Å²) in [5.74, 6) is -0.896. The van der Waals surface area contributed by atoms with Gasteiger partial charge in [0.05, 0.1) is 6.07 Å². The Bertz CT molecular complexity index is 517. The van der Waals surface area contributed by atoms with Crippen molar-refractivity contribution in [3.63, 3.8) is 0 Å². The lowest BCUT2D eigenvalue weighted by Crippen LogP contribution is -2.36. The molecule has 0 amide bonds. The van der Waals surface area contributed by atoms with Crippen molar-refractivity contribution in [1.82, 2.24) is 4.90 Å². The van der Waals surface area contributed by atoms with E-state index in [-0.39, 0.29) is 24.3 Å². The van der Waals surface area contributed by atoms with Crippen molar-refractivity contribution in [3.05, 3.63) is 28.0 Å². The number of carbonyl (C=O) groups excluding carboxylic acids is 1. The minimum absolute atomic E-state index is 0. The van der Waals surface area contributed by atoms with Crippen molar-refractivity contribution >= 4 is 24.3 Å². The summed E-state index contributed by atoms with van der Waals surface area (Å²) >= 11 is 0. The molecule has 22 heavy (non-hydrogen) atoms.